The minimum absolute atomic E-state index is 0.174. The molecule has 2 aromatic rings. The van der Waals surface area contributed by atoms with Crippen LogP contribution in [-0.2, 0) is 11.3 Å². The van der Waals surface area contributed by atoms with Crippen molar-refractivity contribution in [2.75, 3.05) is 30.3 Å². The van der Waals surface area contributed by atoms with Gasteiger partial charge in [0.1, 0.15) is 12.3 Å². The molecule has 148 valence electrons. The third-order valence-electron chi connectivity index (χ3n) is 4.05. The van der Waals surface area contributed by atoms with E-state index in [2.05, 4.69) is 15.1 Å². The van der Waals surface area contributed by atoms with Crippen molar-refractivity contribution >= 4 is 23.6 Å². The lowest BCUT2D eigenvalue weighted by Gasteiger charge is -2.27. The molecule has 27 heavy (non-hydrogen) atoms. The molecule has 11 heteroatoms. The molecule has 1 N–H and O–H groups in total. The van der Waals surface area contributed by atoms with Crippen LogP contribution in [0.1, 0.15) is 25.0 Å². The van der Waals surface area contributed by atoms with Crippen LogP contribution >= 0.6 is 11.8 Å². The number of aromatic nitrogens is 3. The lowest BCUT2D eigenvalue weighted by atomic mass is 10.1. The molecule has 0 spiro atoms. The second-order valence-corrected chi connectivity index (χ2v) is 7.12. The first kappa shape index (κ1) is 19.6. The molecular formula is C16H20F3N5O2S. The van der Waals surface area contributed by atoms with Crippen LogP contribution in [0.4, 0.5) is 19.1 Å². The van der Waals surface area contributed by atoms with E-state index in [-0.39, 0.29) is 5.75 Å². The molecule has 3 heterocycles. The van der Waals surface area contributed by atoms with E-state index in [4.69, 9.17) is 4.42 Å². The number of alkyl halides is 3. The van der Waals surface area contributed by atoms with Gasteiger partial charge in [0.2, 0.25) is 11.9 Å². The number of rotatable bonds is 7. The van der Waals surface area contributed by atoms with E-state index in [9.17, 15) is 18.0 Å². The molecule has 0 aliphatic carbocycles. The highest BCUT2D eigenvalue weighted by atomic mass is 32.2. The zero-order valence-electron chi connectivity index (χ0n) is 14.5. The maximum Gasteiger partial charge on any atom is 0.405 e. The summed E-state index contributed by atoms with van der Waals surface area (Å²) in [6.45, 7) is 0.781. The summed E-state index contributed by atoms with van der Waals surface area (Å²) in [5.74, 6) is 0.511. The first-order valence-electron chi connectivity index (χ1n) is 8.59. The van der Waals surface area contributed by atoms with E-state index in [0.717, 1.165) is 37.7 Å². The fraction of sp³-hybridized carbons (Fsp3) is 0.562. The number of amides is 1. The minimum Gasteiger partial charge on any atom is -0.467 e. The summed E-state index contributed by atoms with van der Waals surface area (Å²) in [6, 6.07) is 3.60. The van der Waals surface area contributed by atoms with Crippen molar-refractivity contribution < 1.29 is 22.4 Å². The molecule has 0 bridgehead atoms. The van der Waals surface area contributed by atoms with Crippen LogP contribution in [0.2, 0.25) is 0 Å². The maximum absolute atomic E-state index is 12.2. The summed E-state index contributed by atoms with van der Waals surface area (Å²) in [5, 5.41) is 10.7. The number of hydrogen-bond acceptors (Lipinski definition) is 6. The molecule has 1 aliphatic heterocycles. The van der Waals surface area contributed by atoms with Crippen molar-refractivity contribution in [2.45, 2.75) is 37.1 Å². The van der Waals surface area contributed by atoms with Gasteiger partial charge in [0.25, 0.3) is 0 Å². The number of nitrogens with zero attached hydrogens (tertiary/aromatic N) is 4. The van der Waals surface area contributed by atoms with Crippen LogP contribution in [0.25, 0.3) is 0 Å². The molecule has 2 aromatic heterocycles. The number of furan rings is 1. The molecular weight excluding hydrogens is 383 g/mol. The van der Waals surface area contributed by atoms with Crippen molar-refractivity contribution in [1.82, 2.24) is 20.1 Å². The number of hydrogen-bond donors (Lipinski definition) is 1. The Morgan fingerprint density at radius 1 is 1.26 bits per heavy atom. The molecule has 0 radical (unpaired) electrons. The number of carbonyl (C=O) groups is 1. The molecule has 1 saturated heterocycles. The molecule has 1 aliphatic rings. The fourth-order valence-electron chi connectivity index (χ4n) is 2.79. The Balaban J connectivity index is 1.70. The smallest absolute Gasteiger partial charge is 0.405 e. The van der Waals surface area contributed by atoms with Crippen LogP contribution in [-0.4, -0.2) is 52.2 Å². The topological polar surface area (TPSA) is 76.2 Å². The van der Waals surface area contributed by atoms with Crippen LogP contribution in [0, 0.1) is 0 Å². The van der Waals surface area contributed by atoms with Gasteiger partial charge in [-0.1, -0.05) is 11.8 Å². The standard InChI is InChI=1S/C16H20F3N5O2S/c17-16(18,19)11-20-13(25)10-27-15-22-21-14(23-6-2-1-3-7-23)24(15)9-12-5-4-8-26-12/h4-5,8H,1-3,6-7,9-11H2,(H,20,25). The van der Waals surface area contributed by atoms with E-state index in [1.807, 2.05) is 16.0 Å². The minimum atomic E-state index is -4.43. The number of halogens is 3. The van der Waals surface area contributed by atoms with Crippen LogP contribution in [0.5, 0.6) is 0 Å². The Labute approximate surface area is 158 Å². The summed E-state index contributed by atoms with van der Waals surface area (Å²) in [7, 11) is 0. The fourth-order valence-corrected chi connectivity index (χ4v) is 3.56. The Bertz CT molecular complexity index is 742. The zero-order chi connectivity index (χ0) is 19.3. The van der Waals surface area contributed by atoms with Gasteiger partial charge in [0.15, 0.2) is 5.16 Å². The quantitative estimate of drug-likeness (QED) is 0.717. The predicted molar refractivity (Wildman–Crippen MR) is 93.7 cm³/mol. The average molecular weight is 403 g/mol. The Hall–Kier alpha value is -2.17. The normalized spacial score (nSPS) is 15.1. The lowest BCUT2D eigenvalue weighted by molar-refractivity contribution is -0.136. The van der Waals surface area contributed by atoms with E-state index in [1.165, 1.54) is 6.42 Å². The van der Waals surface area contributed by atoms with Crippen LogP contribution in [0.3, 0.4) is 0 Å². The molecule has 1 fully saturated rings. The second-order valence-electron chi connectivity index (χ2n) is 6.18. The van der Waals surface area contributed by atoms with Gasteiger partial charge >= 0.3 is 6.18 Å². The molecule has 1 amide bonds. The summed E-state index contributed by atoms with van der Waals surface area (Å²) in [4.78, 5) is 13.8. The zero-order valence-corrected chi connectivity index (χ0v) is 15.4. The maximum atomic E-state index is 12.2. The highest BCUT2D eigenvalue weighted by Gasteiger charge is 2.28. The van der Waals surface area contributed by atoms with Crippen LogP contribution in [0.15, 0.2) is 28.0 Å². The van der Waals surface area contributed by atoms with Gasteiger partial charge in [0, 0.05) is 13.1 Å². The third-order valence-corrected chi connectivity index (χ3v) is 5.02. The van der Waals surface area contributed by atoms with E-state index in [0.29, 0.717) is 23.4 Å². The largest absolute Gasteiger partial charge is 0.467 e. The summed E-state index contributed by atoms with van der Waals surface area (Å²) in [5.41, 5.74) is 0. The van der Waals surface area contributed by atoms with Gasteiger partial charge in [-0.3, -0.25) is 9.36 Å². The number of anilines is 1. The SMILES string of the molecule is O=C(CSc1nnc(N2CCCCC2)n1Cc1ccco1)NCC(F)(F)F. The highest BCUT2D eigenvalue weighted by molar-refractivity contribution is 7.99. The van der Waals surface area contributed by atoms with Gasteiger partial charge in [-0.05, 0) is 31.4 Å². The van der Waals surface area contributed by atoms with Gasteiger partial charge in [-0.15, -0.1) is 10.2 Å². The summed E-state index contributed by atoms with van der Waals surface area (Å²) < 4.78 is 43.8. The number of carbonyl (C=O) groups excluding carboxylic acids is 1. The van der Waals surface area contributed by atoms with Gasteiger partial charge in [-0.2, -0.15) is 13.2 Å². The molecule has 0 aromatic carbocycles. The molecule has 3 rings (SSSR count). The summed E-state index contributed by atoms with van der Waals surface area (Å²) in [6.07, 6.45) is 0.439. The molecule has 7 nitrogen and oxygen atoms in total. The van der Waals surface area contributed by atoms with E-state index >= 15 is 0 Å². The average Bonchev–Trinajstić information content (AvgIpc) is 3.29. The van der Waals surface area contributed by atoms with Crippen molar-refractivity contribution in [3.63, 3.8) is 0 Å². The third kappa shape index (κ3) is 5.65. The predicted octanol–water partition coefficient (Wildman–Crippen LogP) is 2.68. The van der Waals surface area contributed by atoms with Gasteiger partial charge in [0.05, 0.1) is 18.6 Å². The molecule has 0 unspecified atom stereocenters. The van der Waals surface area contributed by atoms with E-state index in [1.54, 1.807) is 12.3 Å². The van der Waals surface area contributed by atoms with Gasteiger partial charge < -0.3 is 14.6 Å². The van der Waals surface area contributed by atoms with Crippen LogP contribution < -0.4 is 10.2 Å². The lowest BCUT2D eigenvalue weighted by Crippen LogP contribution is -2.34. The van der Waals surface area contributed by atoms with Crippen molar-refractivity contribution in [1.29, 1.82) is 0 Å². The monoisotopic (exact) mass is 403 g/mol. The Morgan fingerprint density at radius 3 is 2.70 bits per heavy atom. The molecule has 0 saturated carbocycles. The second kappa shape index (κ2) is 8.68. The molecule has 0 atom stereocenters. The highest BCUT2D eigenvalue weighted by Crippen LogP contribution is 2.25. The van der Waals surface area contributed by atoms with Crippen molar-refractivity contribution in [3.8, 4) is 0 Å². The van der Waals surface area contributed by atoms with Crippen molar-refractivity contribution in [2.24, 2.45) is 0 Å². The van der Waals surface area contributed by atoms with Gasteiger partial charge in [-0.25, -0.2) is 0 Å². The summed E-state index contributed by atoms with van der Waals surface area (Å²) >= 11 is 1.05. The Kier molecular flexibility index (Phi) is 6.30. The van der Waals surface area contributed by atoms with E-state index < -0.39 is 18.6 Å². The number of piperidine rings is 1. The number of nitrogens with one attached hydrogen (secondary N) is 1. The Morgan fingerprint density at radius 2 is 2.04 bits per heavy atom. The first-order valence-corrected chi connectivity index (χ1v) is 9.58. The first-order chi connectivity index (χ1) is 12.9. The van der Waals surface area contributed by atoms with Crippen molar-refractivity contribution in [3.05, 3.63) is 24.2 Å². The number of thioether (sulfide) groups is 1.